The minimum atomic E-state index is -3.37. The largest absolute Gasteiger partial charge is 0.361 e. The molecule has 0 bridgehead atoms. The molecular formula is C20H26ClN5O2S2. The van der Waals surface area contributed by atoms with Crippen molar-refractivity contribution in [2.75, 3.05) is 48.7 Å². The number of sulfonamides is 1. The van der Waals surface area contributed by atoms with Crippen molar-refractivity contribution in [2.24, 2.45) is 0 Å². The molecule has 162 valence electrons. The fourth-order valence-electron chi connectivity index (χ4n) is 3.39. The number of hydrogen-bond acceptors (Lipinski definition) is 5. The maximum atomic E-state index is 12.7. The third-order valence-electron chi connectivity index (χ3n) is 4.92. The van der Waals surface area contributed by atoms with E-state index >= 15 is 0 Å². The SMILES string of the molecule is Cc1cc(C)c(NC(=S)NCCS(=O)(=O)N2CCN(c3ccccn3)CC2)c(Cl)c1. The average molecular weight is 468 g/mol. The molecule has 0 aliphatic carbocycles. The number of rotatable bonds is 6. The Bertz CT molecular complexity index is 971. The minimum Gasteiger partial charge on any atom is -0.361 e. The molecule has 1 fully saturated rings. The number of aryl methyl sites for hydroxylation is 2. The van der Waals surface area contributed by atoms with E-state index in [1.54, 1.807) is 6.20 Å². The van der Waals surface area contributed by atoms with E-state index < -0.39 is 10.0 Å². The summed E-state index contributed by atoms with van der Waals surface area (Å²) in [6.07, 6.45) is 1.74. The lowest BCUT2D eigenvalue weighted by Gasteiger charge is -2.34. The van der Waals surface area contributed by atoms with Gasteiger partial charge >= 0.3 is 0 Å². The van der Waals surface area contributed by atoms with E-state index in [0.717, 1.165) is 22.6 Å². The lowest BCUT2D eigenvalue weighted by atomic mass is 10.1. The highest BCUT2D eigenvalue weighted by Gasteiger charge is 2.27. The smallest absolute Gasteiger partial charge is 0.215 e. The van der Waals surface area contributed by atoms with Crippen LogP contribution in [0.4, 0.5) is 11.5 Å². The molecule has 1 aromatic carbocycles. The second-order valence-electron chi connectivity index (χ2n) is 7.21. The Morgan fingerprint density at radius 1 is 1.20 bits per heavy atom. The van der Waals surface area contributed by atoms with Gasteiger partial charge in [0, 0.05) is 38.9 Å². The lowest BCUT2D eigenvalue weighted by molar-refractivity contribution is 0.384. The highest BCUT2D eigenvalue weighted by molar-refractivity contribution is 7.89. The summed E-state index contributed by atoms with van der Waals surface area (Å²) < 4.78 is 26.9. The summed E-state index contributed by atoms with van der Waals surface area (Å²) in [5.41, 5.74) is 2.77. The summed E-state index contributed by atoms with van der Waals surface area (Å²) in [4.78, 5) is 6.42. The van der Waals surface area contributed by atoms with Crippen LogP contribution in [0.5, 0.6) is 0 Å². The van der Waals surface area contributed by atoms with Crippen LogP contribution in [0.3, 0.4) is 0 Å². The fraction of sp³-hybridized carbons (Fsp3) is 0.400. The highest BCUT2D eigenvalue weighted by atomic mass is 35.5. The van der Waals surface area contributed by atoms with Gasteiger partial charge in [0.25, 0.3) is 0 Å². The van der Waals surface area contributed by atoms with Crippen LogP contribution >= 0.6 is 23.8 Å². The van der Waals surface area contributed by atoms with Gasteiger partial charge in [-0.2, -0.15) is 4.31 Å². The number of nitrogens with one attached hydrogen (secondary N) is 2. The summed E-state index contributed by atoms with van der Waals surface area (Å²) in [6, 6.07) is 9.59. The summed E-state index contributed by atoms with van der Waals surface area (Å²) in [5.74, 6) is 0.844. The fourth-order valence-corrected chi connectivity index (χ4v) is 5.30. The predicted octanol–water partition coefficient (Wildman–Crippen LogP) is 2.79. The van der Waals surface area contributed by atoms with Gasteiger partial charge in [0.1, 0.15) is 5.82 Å². The molecule has 30 heavy (non-hydrogen) atoms. The molecule has 1 aromatic heterocycles. The Morgan fingerprint density at radius 2 is 1.93 bits per heavy atom. The van der Waals surface area contributed by atoms with Crippen LogP contribution < -0.4 is 15.5 Å². The number of nitrogens with zero attached hydrogens (tertiary/aromatic N) is 3. The highest BCUT2D eigenvalue weighted by Crippen LogP contribution is 2.27. The molecule has 0 radical (unpaired) electrons. The number of benzene rings is 1. The van der Waals surface area contributed by atoms with Crippen LogP contribution in [0.2, 0.25) is 5.02 Å². The van der Waals surface area contributed by atoms with Crippen LogP contribution in [0.15, 0.2) is 36.5 Å². The van der Waals surface area contributed by atoms with Gasteiger partial charge in [-0.15, -0.1) is 0 Å². The maximum absolute atomic E-state index is 12.7. The van der Waals surface area contributed by atoms with Gasteiger partial charge < -0.3 is 15.5 Å². The monoisotopic (exact) mass is 467 g/mol. The first-order chi connectivity index (χ1) is 14.3. The van der Waals surface area contributed by atoms with Crippen molar-refractivity contribution < 1.29 is 8.42 Å². The van der Waals surface area contributed by atoms with E-state index in [-0.39, 0.29) is 12.3 Å². The summed E-state index contributed by atoms with van der Waals surface area (Å²) in [6.45, 7) is 6.26. The number of pyridine rings is 1. The van der Waals surface area contributed by atoms with Crippen LogP contribution in [0, 0.1) is 13.8 Å². The van der Waals surface area contributed by atoms with E-state index in [1.807, 2.05) is 44.2 Å². The second-order valence-corrected chi connectivity index (χ2v) is 10.1. The molecule has 0 amide bonds. The first-order valence-corrected chi connectivity index (χ1v) is 12.1. The van der Waals surface area contributed by atoms with Crippen LogP contribution in [0.25, 0.3) is 0 Å². The second kappa shape index (κ2) is 9.91. The molecular weight excluding hydrogens is 442 g/mol. The van der Waals surface area contributed by atoms with Gasteiger partial charge in [-0.3, -0.25) is 0 Å². The summed E-state index contributed by atoms with van der Waals surface area (Å²) in [7, 11) is -3.37. The summed E-state index contributed by atoms with van der Waals surface area (Å²) in [5, 5.41) is 6.95. The van der Waals surface area contributed by atoms with Crippen LogP contribution in [-0.2, 0) is 10.0 Å². The lowest BCUT2D eigenvalue weighted by Crippen LogP contribution is -2.50. The molecule has 1 aliphatic rings. The standard InChI is InChI=1S/C20H26ClN5O2S2/c1-15-13-16(2)19(17(21)14-15)24-20(29)23-7-12-30(27,28)26-10-8-25(9-11-26)18-5-3-4-6-22-18/h3-6,13-14H,7-12H2,1-2H3,(H2,23,24,29). The van der Waals surface area contributed by atoms with Gasteiger partial charge in [-0.05, 0) is 55.4 Å². The number of halogens is 1. The topological polar surface area (TPSA) is 77.6 Å². The molecule has 0 spiro atoms. The van der Waals surface area contributed by atoms with E-state index in [1.165, 1.54) is 4.31 Å². The first kappa shape index (κ1) is 22.7. The Morgan fingerprint density at radius 3 is 2.57 bits per heavy atom. The number of piperazine rings is 1. The van der Waals surface area contributed by atoms with Crippen molar-refractivity contribution in [2.45, 2.75) is 13.8 Å². The van der Waals surface area contributed by atoms with Crippen molar-refractivity contribution in [1.82, 2.24) is 14.6 Å². The van der Waals surface area contributed by atoms with E-state index in [2.05, 4.69) is 20.5 Å². The Kier molecular flexibility index (Phi) is 7.51. The zero-order valence-corrected chi connectivity index (χ0v) is 19.4. The molecule has 7 nitrogen and oxygen atoms in total. The van der Waals surface area contributed by atoms with E-state index in [0.29, 0.717) is 36.3 Å². The number of aromatic nitrogens is 1. The first-order valence-electron chi connectivity index (χ1n) is 9.71. The molecule has 0 saturated carbocycles. The molecule has 0 unspecified atom stereocenters. The van der Waals surface area contributed by atoms with Crippen molar-refractivity contribution in [3.05, 3.63) is 52.7 Å². The Balaban J connectivity index is 1.47. The Labute approximate surface area is 188 Å². The molecule has 2 aromatic rings. The molecule has 3 rings (SSSR count). The van der Waals surface area contributed by atoms with Crippen molar-refractivity contribution in [3.63, 3.8) is 0 Å². The quantitative estimate of drug-likeness (QED) is 0.632. The van der Waals surface area contributed by atoms with Gasteiger partial charge in [-0.1, -0.05) is 23.7 Å². The zero-order chi connectivity index (χ0) is 21.7. The van der Waals surface area contributed by atoms with Crippen molar-refractivity contribution in [1.29, 1.82) is 0 Å². The molecule has 2 heterocycles. The molecule has 1 saturated heterocycles. The molecule has 0 atom stereocenters. The maximum Gasteiger partial charge on any atom is 0.215 e. The normalized spacial score (nSPS) is 15.1. The van der Waals surface area contributed by atoms with Crippen LogP contribution in [0.1, 0.15) is 11.1 Å². The van der Waals surface area contributed by atoms with Gasteiger partial charge in [-0.25, -0.2) is 13.4 Å². The number of anilines is 2. The third kappa shape index (κ3) is 5.81. The van der Waals surface area contributed by atoms with Gasteiger partial charge in [0.2, 0.25) is 10.0 Å². The minimum absolute atomic E-state index is 0.0288. The number of hydrogen-bond donors (Lipinski definition) is 2. The van der Waals surface area contributed by atoms with Crippen LogP contribution in [-0.4, -0.2) is 61.3 Å². The van der Waals surface area contributed by atoms with E-state index in [9.17, 15) is 8.42 Å². The predicted molar refractivity (Wildman–Crippen MR) is 127 cm³/mol. The molecule has 10 heteroatoms. The van der Waals surface area contributed by atoms with Gasteiger partial charge in [0.05, 0.1) is 16.5 Å². The number of thiocarbonyl (C=S) groups is 1. The zero-order valence-electron chi connectivity index (χ0n) is 17.1. The Hall–Kier alpha value is -1.94. The van der Waals surface area contributed by atoms with E-state index in [4.69, 9.17) is 23.8 Å². The molecule has 1 aliphatic heterocycles. The third-order valence-corrected chi connectivity index (χ3v) is 7.34. The van der Waals surface area contributed by atoms with Gasteiger partial charge in [0.15, 0.2) is 5.11 Å². The van der Waals surface area contributed by atoms with Crippen molar-refractivity contribution >= 4 is 50.5 Å². The van der Waals surface area contributed by atoms with Crippen molar-refractivity contribution in [3.8, 4) is 0 Å². The summed E-state index contributed by atoms with van der Waals surface area (Å²) >= 11 is 11.6. The molecule has 2 N–H and O–H groups in total. The average Bonchev–Trinajstić information content (AvgIpc) is 2.71.